The minimum Gasteiger partial charge on any atom is -0.463 e. The summed E-state index contributed by atoms with van der Waals surface area (Å²) >= 11 is 1.39. The second-order valence-corrected chi connectivity index (χ2v) is 15.2. The molecule has 5 rings (SSSR count). The third kappa shape index (κ3) is 6.17. The maximum absolute atomic E-state index is 13.6. The van der Waals surface area contributed by atoms with E-state index in [1.807, 2.05) is 13.8 Å². The van der Waals surface area contributed by atoms with Crippen LogP contribution in [0.15, 0.2) is 30.3 Å². The number of rotatable bonds is 9. The van der Waals surface area contributed by atoms with Gasteiger partial charge in [0.05, 0.1) is 19.3 Å². The van der Waals surface area contributed by atoms with E-state index in [9.17, 15) is 32.4 Å². The van der Waals surface area contributed by atoms with Crippen LogP contribution < -0.4 is 10.6 Å². The topological polar surface area (TPSA) is 166 Å². The number of imide groups is 1. The van der Waals surface area contributed by atoms with Crippen molar-refractivity contribution >= 4 is 51.6 Å². The van der Waals surface area contributed by atoms with Crippen LogP contribution in [-0.2, 0) is 29.1 Å². The van der Waals surface area contributed by atoms with E-state index in [1.165, 1.54) is 16.7 Å². The number of fused-ring (bicyclic) bond motifs is 1. The summed E-state index contributed by atoms with van der Waals surface area (Å²) in [7, 11) is -3.87. The molecule has 0 saturated carbocycles. The van der Waals surface area contributed by atoms with Gasteiger partial charge in [0.1, 0.15) is 30.1 Å². The fourth-order valence-electron chi connectivity index (χ4n) is 5.88. The van der Waals surface area contributed by atoms with Crippen LogP contribution in [0.5, 0.6) is 0 Å². The molecule has 43 heavy (non-hydrogen) atoms. The maximum atomic E-state index is 13.6. The minimum atomic E-state index is -3.87. The molecule has 0 aromatic heterocycles. The van der Waals surface area contributed by atoms with Gasteiger partial charge < -0.3 is 20.3 Å². The molecule has 4 fully saturated rings. The molecule has 14 nitrogen and oxygen atoms in total. The van der Waals surface area contributed by atoms with E-state index in [0.29, 0.717) is 16.4 Å². The van der Waals surface area contributed by atoms with Crippen molar-refractivity contribution in [2.75, 3.05) is 45.6 Å². The standard InChI is InChI=1S/C27H36N6O8S2/c1-27(2)20(24(36)41-16-15-30-11-7-8-12-30)33-22(35)19(23(33)42-27)28-21(34)18(17-9-5-4-6-10-17)29-25(37)31-13-14-32(26(31)38)43(3,39)40/h4-6,9-10,18-20,23H,7-8,11-16H2,1-3H3,(H,28,34)(H,29,37)/t18-,19-,20+,23-/m1/s1. The number of esters is 1. The summed E-state index contributed by atoms with van der Waals surface area (Å²) in [6, 6.07) is 3.26. The Morgan fingerprint density at radius 1 is 1.07 bits per heavy atom. The number of likely N-dealkylation sites (tertiary alicyclic amines) is 1. The number of thioether (sulfide) groups is 1. The van der Waals surface area contributed by atoms with Gasteiger partial charge in [0, 0.05) is 11.3 Å². The number of carbonyl (C=O) groups excluding carboxylic acids is 5. The molecule has 234 valence electrons. The lowest BCUT2D eigenvalue weighted by molar-refractivity contribution is -0.164. The van der Waals surface area contributed by atoms with E-state index < -0.39 is 68.1 Å². The van der Waals surface area contributed by atoms with Gasteiger partial charge in [-0.2, -0.15) is 0 Å². The first kappa shape index (κ1) is 31.1. The predicted molar refractivity (Wildman–Crippen MR) is 156 cm³/mol. The summed E-state index contributed by atoms with van der Waals surface area (Å²) < 4.78 is 29.2. The maximum Gasteiger partial charge on any atom is 0.341 e. The zero-order valence-electron chi connectivity index (χ0n) is 24.2. The molecule has 0 aliphatic carbocycles. The normalized spacial score (nSPS) is 25.7. The largest absolute Gasteiger partial charge is 0.463 e. The van der Waals surface area contributed by atoms with Gasteiger partial charge in [0.15, 0.2) is 0 Å². The summed E-state index contributed by atoms with van der Waals surface area (Å²) in [5, 5.41) is 4.72. The Labute approximate surface area is 254 Å². The highest BCUT2D eigenvalue weighted by atomic mass is 32.2. The molecule has 4 aliphatic rings. The number of ether oxygens (including phenoxy) is 1. The SMILES string of the molecule is CC1(C)S[C@@H]2[C@H](NC(=O)[C@H](NC(=O)N3CCN(S(C)(=O)=O)C3=O)c3ccccc3)C(=O)N2[C@H]1C(=O)OCCN1CCCC1. The van der Waals surface area contributed by atoms with Crippen molar-refractivity contribution in [1.29, 1.82) is 0 Å². The molecule has 1 aromatic carbocycles. The van der Waals surface area contributed by atoms with Gasteiger partial charge in [-0.05, 0) is 45.3 Å². The van der Waals surface area contributed by atoms with Crippen LogP contribution in [-0.4, -0.2) is 125 Å². The number of nitrogens with one attached hydrogen (secondary N) is 2. The molecule has 4 saturated heterocycles. The van der Waals surface area contributed by atoms with Crippen molar-refractivity contribution in [3.63, 3.8) is 0 Å². The molecule has 4 atom stereocenters. The fourth-order valence-corrected chi connectivity index (χ4v) is 8.30. The van der Waals surface area contributed by atoms with Crippen LogP contribution in [0.1, 0.15) is 38.3 Å². The van der Waals surface area contributed by atoms with Crippen molar-refractivity contribution in [2.45, 2.75) is 54.9 Å². The molecular weight excluding hydrogens is 600 g/mol. The first-order chi connectivity index (χ1) is 20.3. The van der Waals surface area contributed by atoms with Crippen molar-refractivity contribution < 1.29 is 37.1 Å². The van der Waals surface area contributed by atoms with E-state index in [2.05, 4.69) is 15.5 Å². The highest BCUT2D eigenvalue weighted by molar-refractivity contribution is 8.01. The Kier molecular flexibility index (Phi) is 8.64. The molecule has 1 aromatic rings. The van der Waals surface area contributed by atoms with Crippen LogP contribution >= 0.6 is 11.8 Å². The third-order valence-corrected chi connectivity index (χ3v) is 10.8. The molecular formula is C27H36N6O8S2. The second kappa shape index (κ2) is 12.0. The monoisotopic (exact) mass is 636 g/mol. The number of β-lactam (4-membered cyclic amide) rings is 1. The van der Waals surface area contributed by atoms with Crippen molar-refractivity contribution in [2.24, 2.45) is 0 Å². The predicted octanol–water partition coefficient (Wildman–Crippen LogP) is 0.321. The van der Waals surface area contributed by atoms with Gasteiger partial charge in [0.25, 0.3) is 0 Å². The number of nitrogens with zero attached hydrogens (tertiary/aromatic N) is 4. The number of carbonyl (C=O) groups is 5. The van der Waals surface area contributed by atoms with Crippen LogP contribution in [0.2, 0.25) is 0 Å². The summed E-state index contributed by atoms with van der Waals surface area (Å²) in [5.74, 6) is -1.61. The highest BCUT2D eigenvalue weighted by Crippen LogP contribution is 2.51. The minimum absolute atomic E-state index is 0.180. The number of sulfonamides is 1. The van der Waals surface area contributed by atoms with Crippen LogP contribution in [0, 0.1) is 0 Å². The lowest BCUT2D eigenvalue weighted by atomic mass is 9.95. The van der Waals surface area contributed by atoms with Gasteiger partial charge in [-0.15, -0.1) is 11.8 Å². The number of amides is 6. The van der Waals surface area contributed by atoms with E-state index in [1.54, 1.807) is 30.3 Å². The van der Waals surface area contributed by atoms with E-state index >= 15 is 0 Å². The second-order valence-electron chi connectivity index (χ2n) is 11.5. The molecule has 16 heteroatoms. The van der Waals surface area contributed by atoms with Gasteiger partial charge in [-0.1, -0.05) is 30.3 Å². The van der Waals surface area contributed by atoms with Crippen LogP contribution in [0.4, 0.5) is 9.59 Å². The zero-order chi connectivity index (χ0) is 31.1. The Morgan fingerprint density at radius 3 is 2.37 bits per heavy atom. The van der Waals surface area contributed by atoms with Gasteiger partial charge in [-0.3, -0.25) is 14.5 Å². The average Bonchev–Trinajstić information content (AvgIpc) is 3.67. The van der Waals surface area contributed by atoms with Crippen molar-refractivity contribution in [3.8, 4) is 0 Å². The number of urea groups is 2. The summed E-state index contributed by atoms with van der Waals surface area (Å²) in [6.45, 7) is 6.18. The Morgan fingerprint density at radius 2 is 1.74 bits per heavy atom. The molecule has 0 spiro atoms. The van der Waals surface area contributed by atoms with Crippen molar-refractivity contribution in [1.82, 2.24) is 29.6 Å². The lowest BCUT2D eigenvalue weighted by Gasteiger charge is -2.44. The van der Waals surface area contributed by atoms with Gasteiger partial charge >= 0.3 is 18.0 Å². The van der Waals surface area contributed by atoms with E-state index in [-0.39, 0.29) is 19.7 Å². The molecule has 0 bridgehead atoms. The van der Waals surface area contributed by atoms with Gasteiger partial charge in [-0.25, -0.2) is 32.0 Å². The number of benzene rings is 1. The quantitative estimate of drug-likeness (QED) is 0.285. The van der Waals surface area contributed by atoms with Gasteiger partial charge in [0.2, 0.25) is 21.8 Å². The van der Waals surface area contributed by atoms with E-state index in [4.69, 9.17) is 4.74 Å². The highest BCUT2D eigenvalue weighted by Gasteiger charge is 2.64. The third-order valence-electron chi connectivity index (χ3n) is 8.09. The Balaban J connectivity index is 1.25. The zero-order valence-corrected chi connectivity index (χ0v) is 25.9. The van der Waals surface area contributed by atoms with E-state index in [0.717, 1.165) is 37.1 Å². The van der Waals surface area contributed by atoms with Crippen LogP contribution in [0.25, 0.3) is 0 Å². The van der Waals surface area contributed by atoms with Crippen molar-refractivity contribution in [3.05, 3.63) is 35.9 Å². The average molecular weight is 637 g/mol. The first-order valence-electron chi connectivity index (χ1n) is 14.1. The summed E-state index contributed by atoms with van der Waals surface area (Å²) in [5.41, 5.74) is 0.391. The number of hydrogen-bond acceptors (Lipinski definition) is 10. The first-order valence-corrected chi connectivity index (χ1v) is 16.9. The Hall–Kier alpha value is -3.37. The molecule has 4 heterocycles. The van der Waals surface area contributed by atoms with Crippen LogP contribution in [0.3, 0.4) is 0 Å². The smallest absolute Gasteiger partial charge is 0.341 e. The number of hydrogen-bond donors (Lipinski definition) is 2. The fraction of sp³-hybridized carbons (Fsp3) is 0.593. The Bertz CT molecular complexity index is 1400. The molecule has 6 amide bonds. The lowest BCUT2D eigenvalue weighted by Crippen LogP contribution is -2.71. The molecule has 2 N–H and O–H groups in total. The summed E-state index contributed by atoms with van der Waals surface area (Å²) in [6.07, 6.45) is 3.13. The molecule has 4 aliphatic heterocycles. The summed E-state index contributed by atoms with van der Waals surface area (Å²) in [4.78, 5) is 70.0. The molecule has 0 unspecified atom stereocenters. The molecule has 0 radical (unpaired) electrons.